The zero-order chi connectivity index (χ0) is 21.8. The maximum absolute atomic E-state index is 12.7. The highest BCUT2D eigenvalue weighted by atomic mass is 16.5. The summed E-state index contributed by atoms with van der Waals surface area (Å²) in [6, 6.07) is 11.2. The number of carbonyl (C=O) groups excluding carboxylic acids is 1. The van der Waals surface area contributed by atoms with Crippen LogP contribution in [0.4, 0.5) is 5.69 Å². The Kier molecular flexibility index (Phi) is 6.35. The first-order valence-electron chi connectivity index (χ1n) is 9.63. The van der Waals surface area contributed by atoms with Crippen molar-refractivity contribution in [2.24, 2.45) is 0 Å². The Morgan fingerprint density at radius 2 is 1.50 bits per heavy atom. The number of amides is 1. The summed E-state index contributed by atoms with van der Waals surface area (Å²) in [5, 5.41) is 2.82. The zero-order valence-electron chi connectivity index (χ0n) is 18.2. The highest BCUT2D eigenvalue weighted by Gasteiger charge is 2.17. The summed E-state index contributed by atoms with van der Waals surface area (Å²) in [5.41, 5.74) is 5.39. The van der Waals surface area contributed by atoms with Gasteiger partial charge in [0.1, 0.15) is 5.76 Å². The average Bonchev–Trinajstić information content (AvgIpc) is 3.18. The first-order chi connectivity index (χ1) is 14.4. The van der Waals surface area contributed by atoms with Gasteiger partial charge in [0.2, 0.25) is 5.75 Å². The van der Waals surface area contributed by atoms with Crippen LogP contribution in [0.1, 0.15) is 38.6 Å². The number of ether oxygens (including phenoxy) is 3. The van der Waals surface area contributed by atoms with Crippen molar-refractivity contribution in [2.75, 3.05) is 26.6 Å². The molecule has 158 valence electrons. The lowest BCUT2D eigenvalue weighted by molar-refractivity contribution is 0.0995. The van der Waals surface area contributed by atoms with Crippen molar-refractivity contribution in [1.29, 1.82) is 0 Å². The standard InChI is InChI=1S/C24H27NO5/c1-14-9-15(2)19(16(3)10-14)13-18-7-8-20(30-18)24(26)25-17-11-21(27-4)23(29-6)22(12-17)28-5/h7-12H,13H2,1-6H3,(H,25,26). The molecule has 0 saturated carbocycles. The number of hydrogen-bond donors (Lipinski definition) is 1. The summed E-state index contributed by atoms with van der Waals surface area (Å²) in [4.78, 5) is 12.7. The van der Waals surface area contributed by atoms with Gasteiger partial charge in [-0.2, -0.15) is 0 Å². The topological polar surface area (TPSA) is 69.9 Å². The van der Waals surface area contributed by atoms with E-state index in [0.717, 1.165) is 5.76 Å². The molecule has 2 aromatic carbocycles. The van der Waals surface area contributed by atoms with Crippen molar-refractivity contribution in [3.8, 4) is 17.2 Å². The van der Waals surface area contributed by atoms with Crippen LogP contribution in [0.2, 0.25) is 0 Å². The van der Waals surface area contributed by atoms with E-state index in [-0.39, 0.29) is 11.7 Å². The Hall–Kier alpha value is -3.41. The molecule has 0 unspecified atom stereocenters. The fourth-order valence-corrected chi connectivity index (χ4v) is 3.60. The molecule has 0 fully saturated rings. The van der Waals surface area contributed by atoms with Gasteiger partial charge in [-0.25, -0.2) is 0 Å². The van der Waals surface area contributed by atoms with E-state index in [2.05, 4.69) is 38.2 Å². The number of nitrogens with one attached hydrogen (secondary N) is 1. The number of hydrogen-bond acceptors (Lipinski definition) is 5. The highest BCUT2D eigenvalue weighted by Crippen LogP contribution is 2.40. The van der Waals surface area contributed by atoms with Crippen molar-refractivity contribution in [3.63, 3.8) is 0 Å². The van der Waals surface area contributed by atoms with Crippen molar-refractivity contribution in [3.05, 3.63) is 70.2 Å². The van der Waals surface area contributed by atoms with Crippen LogP contribution in [0.5, 0.6) is 17.2 Å². The monoisotopic (exact) mass is 409 g/mol. The summed E-state index contributed by atoms with van der Waals surface area (Å²) in [6.45, 7) is 6.27. The third kappa shape index (κ3) is 4.43. The molecule has 0 spiro atoms. The second-order valence-corrected chi connectivity index (χ2v) is 7.19. The van der Waals surface area contributed by atoms with Gasteiger partial charge in [-0.3, -0.25) is 4.79 Å². The van der Waals surface area contributed by atoms with Crippen molar-refractivity contribution in [2.45, 2.75) is 27.2 Å². The average molecular weight is 409 g/mol. The minimum atomic E-state index is -0.354. The Morgan fingerprint density at radius 3 is 2.03 bits per heavy atom. The minimum Gasteiger partial charge on any atom is -0.493 e. The van der Waals surface area contributed by atoms with E-state index < -0.39 is 0 Å². The van der Waals surface area contributed by atoms with Crippen LogP contribution in [-0.2, 0) is 6.42 Å². The molecule has 30 heavy (non-hydrogen) atoms. The summed E-state index contributed by atoms with van der Waals surface area (Å²) in [6.07, 6.45) is 0.634. The van der Waals surface area contributed by atoms with Gasteiger partial charge in [0.05, 0.1) is 21.3 Å². The molecule has 6 nitrogen and oxygen atoms in total. The van der Waals surface area contributed by atoms with E-state index in [1.807, 2.05) is 6.07 Å². The smallest absolute Gasteiger partial charge is 0.291 e. The van der Waals surface area contributed by atoms with E-state index in [1.54, 1.807) is 18.2 Å². The number of rotatable bonds is 7. The molecule has 0 aliphatic rings. The third-order valence-electron chi connectivity index (χ3n) is 5.00. The molecule has 0 bridgehead atoms. The summed E-state index contributed by atoms with van der Waals surface area (Å²) in [5.74, 6) is 1.99. The van der Waals surface area contributed by atoms with Crippen LogP contribution < -0.4 is 19.5 Å². The Bertz CT molecular complexity index is 1020. The van der Waals surface area contributed by atoms with Gasteiger partial charge in [0.15, 0.2) is 17.3 Å². The number of methoxy groups -OCH3 is 3. The molecule has 1 heterocycles. The molecule has 1 N–H and O–H groups in total. The number of furan rings is 1. The highest BCUT2D eigenvalue weighted by molar-refractivity contribution is 6.02. The van der Waals surface area contributed by atoms with E-state index >= 15 is 0 Å². The number of aryl methyl sites for hydroxylation is 3. The van der Waals surface area contributed by atoms with Crippen molar-refractivity contribution >= 4 is 11.6 Å². The quantitative estimate of drug-likeness (QED) is 0.590. The molecule has 0 aliphatic heterocycles. The predicted octanol–water partition coefficient (Wildman–Crippen LogP) is 5.07. The van der Waals surface area contributed by atoms with Crippen LogP contribution in [0.25, 0.3) is 0 Å². The fourth-order valence-electron chi connectivity index (χ4n) is 3.60. The number of benzene rings is 2. The maximum Gasteiger partial charge on any atom is 0.291 e. The molecule has 0 radical (unpaired) electrons. The molecule has 0 atom stereocenters. The van der Waals surface area contributed by atoms with Gasteiger partial charge >= 0.3 is 0 Å². The lowest BCUT2D eigenvalue weighted by Gasteiger charge is -2.14. The molecule has 1 aromatic heterocycles. The minimum absolute atomic E-state index is 0.237. The van der Waals surface area contributed by atoms with Crippen LogP contribution in [0.3, 0.4) is 0 Å². The normalized spacial score (nSPS) is 10.6. The van der Waals surface area contributed by atoms with Gasteiger partial charge in [-0.1, -0.05) is 17.7 Å². The zero-order valence-corrected chi connectivity index (χ0v) is 18.2. The van der Waals surface area contributed by atoms with Crippen molar-refractivity contribution < 1.29 is 23.4 Å². The number of carbonyl (C=O) groups is 1. The molecular weight excluding hydrogens is 382 g/mol. The SMILES string of the molecule is COc1cc(NC(=O)c2ccc(Cc3c(C)cc(C)cc3C)o2)cc(OC)c1OC. The lowest BCUT2D eigenvalue weighted by atomic mass is 9.97. The lowest BCUT2D eigenvalue weighted by Crippen LogP contribution is -2.11. The first kappa shape index (κ1) is 21.3. The van der Waals surface area contributed by atoms with Crippen LogP contribution in [-0.4, -0.2) is 27.2 Å². The predicted molar refractivity (Wildman–Crippen MR) is 116 cm³/mol. The van der Waals surface area contributed by atoms with E-state index in [4.69, 9.17) is 18.6 Å². The largest absolute Gasteiger partial charge is 0.493 e. The number of anilines is 1. The molecule has 0 saturated heterocycles. The summed E-state index contributed by atoms with van der Waals surface area (Å²) in [7, 11) is 4.58. The van der Waals surface area contributed by atoms with Gasteiger partial charge < -0.3 is 23.9 Å². The van der Waals surface area contributed by atoms with Crippen LogP contribution in [0.15, 0.2) is 40.8 Å². The molecule has 1 amide bonds. The van der Waals surface area contributed by atoms with Crippen LogP contribution >= 0.6 is 0 Å². The second-order valence-electron chi connectivity index (χ2n) is 7.19. The van der Waals surface area contributed by atoms with Crippen molar-refractivity contribution in [1.82, 2.24) is 0 Å². The first-order valence-corrected chi connectivity index (χ1v) is 9.63. The van der Waals surface area contributed by atoms with E-state index in [1.165, 1.54) is 43.6 Å². The fraction of sp³-hybridized carbons (Fsp3) is 0.292. The van der Waals surface area contributed by atoms with E-state index in [0.29, 0.717) is 29.4 Å². The summed E-state index contributed by atoms with van der Waals surface area (Å²) >= 11 is 0. The molecular formula is C24H27NO5. The maximum atomic E-state index is 12.7. The third-order valence-corrected chi connectivity index (χ3v) is 5.00. The van der Waals surface area contributed by atoms with E-state index in [9.17, 15) is 4.79 Å². The Balaban J connectivity index is 1.79. The van der Waals surface area contributed by atoms with Gasteiger partial charge in [0, 0.05) is 24.2 Å². The Labute approximate surface area is 176 Å². The Morgan fingerprint density at radius 1 is 0.900 bits per heavy atom. The van der Waals surface area contributed by atoms with Gasteiger partial charge in [0.25, 0.3) is 5.91 Å². The summed E-state index contributed by atoms with van der Waals surface area (Å²) < 4.78 is 21.8. The second kappa shape index (κ2) is 8.95. The molecule has 3 aromatic rings. The van der Waals surface area contributed by atoms with Gasteiger partial charge in [-0.15, -0.1) is 0 Å². The molecule has 3 rings (SSSR count). The van der Waals surface area contributed by atoms with Crippen LogP contribution in [0, 0.1) is 20.8 Å². The van der Waals surface area contributed by atoms with Gasteiger partial charge in [-0.05, 0) is 49.6 Å². The molecule has 6 heteroatoms. The molecule has 0 aliphatic carbocycles.